The molecule has 0 aliphatic carbocycles. The van der Waals surface area contributed by atoms with Crippen LogP contribution in [-0.2, 0) is 6.42 Å². The van der Waals surface area contributed by atoms with Gasteiger partial charge in [0.1, 0.15) is 11.6 Å². The van der Waals surface area contributed by atoms with Crippen molar-refractivity contribution in [3.8, 4) is 11.3 Å². The maximum atomic E-state index is 13.0. The van der Waals surface area contributed by atoms with Crippen molar-refractivity contribution >= 4 is 0 Å². The van der Waals surface area contributed by atoms with Crippen LogP contribution < -0.4 is 0 Å². The Morgan fingerprint density at radius 3 is 2.79 bits per heavy atom. The van der Waals surface area contributed by atoms with Gasteiger partial charge in [-0.1, -0.05) is 13.0 Å². The molecule has 0 spiro atoms. The van der Waals surface area contributed by atoms with Gasteiger partial charge in [0.15, 0.2) is 0 Å². The first-order valence-corrected chi connectivity index (χ1v) is 4.63. The fraction of sp³-hybridized carbons (Fsp3) is 0.167. The van der Waals surface area contributed by atoms with Crippen molar-refractivity contribution in [2.75, 3.05) is 0 Å². The third-order valence-corrected chi connectivity index (χ3v) is 2.24. The highest BCUT2D eigenvalue weighted by atomic mass is 19.1. The van der Waals surface area contributed by atoms with E-state index in [0.29, 0.717) is 0 Å². The van der Waals surface area contributed by atoms with E-state index in [1.807, 2.05) is 13.0 Å². The first-order chi connectivity index (χ1) is 6.81. The van der Waals surface area contributed by atoms with Crippen LogP contribution in [0.2, 0.25) is 0 Å². The van der Waals surface area contributed by atoms with Crippen LogP contribution in [0, 0.1) is 5.82 Å². The molecule has 1 nitrogen and oxygen atoms in total. The van der Waals surface area contributed by atoms with E-state index in [9.17, 15) is 4.39 Å². The molecule has 0 aliphatic heterocycles. The summed E-state index contributed by atoms with van der Waals surface area (Å²) in [7, 11) is 0. The number of hydrogen-bond donors (Lipinski definition) is 0. The lowest BCUT2D eigenvalue weighted by Crippen LogP contribution is -1.87. The molecule has 0 atom stereocenters. The molecule has 2 aromatic rings. The Morgan fingerprint density at radius 1 is 1.29 bits per heavy atom. The first kappa shape index (κ1) is 9.00. The predicted octanol–water partition coefficient (Wildman–Crippen LogP) is 3.65. The van der Waals surface area contributed by atoms with Crippen LogP contribution >= 0.6 is 0 Å². The van der Waals surface area contributed by atoms with Crippen LogP contribution in [0.4, 0.5) is 4.39 Å². The van der Waals surface area contributed by atoms with Crippen molar-refractivity contribution in [2.45, 2.75) is 13.3 Å². The number of benzene rings is 1. The number of hydrogen-bond acceptors (Lipinski definition) is 1. The molecule has 0 fully saturated rings. The van der Waals surface area contributed by atoms with Gasteiger partial charge in [0.25, 0.3) is 0 Å². The molecule has 0 saturated heterocycles. The Kier molecular flexibility index (Phi) is 2.35. The molecular formula is C12H11FO. The van der Waals surface area contributed by atoms with Crippen molar-refractivity contribution in [1.82, 2.24) is 0 Å². The molecule has 2 heteroatoms. The highest BCUT2D eigenvalue weighted by molar-refractivity contribution is 5.62. The van der Waals surface area contributed by atoms with Crippen LogP contribution in [0.1, 0.15) is 12.5 Å². The van der Waals surface area contributed by atoms with Crippen LogP contribution in [0.25, 0.3) is 11.3 Å². The summed E-state index contributed by atoms with van der Waals surface area (Å²) in [5, 5.41) is 0. The summed E-state index contributed by atoms with van der Waals surface area (Å²) < 4.78 is 18.3. The molecule has 0 radical (unpaired) electrons. The fourth-order valence-electron chi connectivity index (χ4n) is 1.52. The lowest BCUT2D eigenvalue weighted by atomic mass is 10.0. The monoisotopic (exact) mass is 190 g/mol. The highest BCUT2D eigenvalue weighted by Gasteiger charge is 2.07. The minimum absolute atomic E-state index is 0.228. The topological polar surface area (TPSA) is 13.1 Å². The van der Waals surface area contributed by atoms with Gasteiger partial charge in [-0.3, -0.25) is 0 Å². The molecule has 0 amide bonds. The van der Waals surface area contributed by atoms with Gasteiger partial charge in [-0.05, 0) is 36.2 Å². The zero-order chi connectivity index (χ0) is 9.97. The van der Waals surface area contributed by atoms with Gasteiger partial charge < -0.3 is 4.42 Å². The van der Waals surface area contributed by atoms with E-state index in [2.05, 4.69) is 0 Å². The van der Waals surface area contributed by atoms with Crippen LogP contribution in [-0.4, -0.2) is 0 Å². The highest BCUT2D eigenvalue weighted by Crippen LogP contribution is 2.25. The van der Waals surface area contributed by atoms with E-state index in [0.717, 1.165) is 23.3 Å². The second kappa shape index (κ2) is 3.66. The van der Waals surface area contributed by atoms with E-state index in [-0.39, 0.29) is 5.82 Å². The van der Waals surface area contributed by atoms with Crippen LogP contribution in [0.5, 0.6) is 0 Å². The normalized spacial score (nSPS) is 10.4. The Hall–Kier alpha value is -1.57. The van der Waals surface area contributed by atoms with Crippen molar-refractivity contribution in [3.63, 3.8) is 0 Å². The lowest BCUT2D eigenvalue weighted by molar-refractivity contribution is 0.579. The van der Waals surface area contributed by atoms with Gasteiger partial charge in [-0.2, -0.15) is 0 Å². The van der Waals surface area contributed by atoms with Crippen LogP contribution in [0.15, 0.2) is 41.0 Å². The maximum Gasteiger partial charge on any atom is 0.134 e. The molecule has 1 aromatic heterocycles. The Balaban J connectivity index is 2.55. The summed E-state index contributed by atoms with van der Waals surface area (Å²) in [4.78, 5) is 0. The summed E-state index contributed by atoms with van der Waals surface area (Å²) in [6, 6.07) is 8.43. The molecule has 1 heterocycles. The molecule has 14 heavy (non-hydrogen) atoms. The number of furan rings is 1. The number of rotatable bonds is 2. The molecule has 0 aliphatic rings. The first-order valence-electron chi connectivity index (χ1n) is 4.63. The van der Waals surface area contributed by atoms with E-state index in [4.69, 9.17) is 4.42 Å². The third-order valence-electron chi connectivity index (χ3n) is 2.24. The molecular weight excluding hydrogens is 179 g/mol. The van der Waals surface area contributed by atoms with Gasteiger partial charge in [0, 0.05) is 5.56 Å². The standard InChI is InChI=1S/C12H11FO/c1-2-9-5-6-10(13)8-11(9)12-4-3-7-14-12/h3-8H,2H2,1H3. The van der Waals surface area contributed by atoms with E-state index in [1.165, 1.54) is 12.1 Å². The van der Waals surface area contributed by atoms with Crippen molar-refractivity contribution < 1.29 is 8.81 Å². The minimum atomic E-state index is -0.228. The van der Waals surface area contributed by atoms with Crippen LogP contribution in [0.3, 0.4) is 0 Å². The molecule has 0 unspecified atom stereocenters. The van der Waals surface area contributed by atoms with Gasteiger partial charge >= 0.3 is 0 Å². The number of halogens is 1. The maximum absolute atomic E-state index is 13.0. The molecule has 2 rings (SSSR count). The van der Waals surface area contributed by atoms with Gasteiger partial charge in [0.2, 0.25) is 0 Å². The van der Waals surface area contributed by atoms with E-state index < -0.39 is 0 Å². The molecule has 0 N–H and O–H groups in total. The van der Waals surface area contributed by atoms with E-state index in [1.54, 1.807) is 18.4 Å². The summed E-state index contributed by atoms with van der Waals surface area (Å²) >= 11 is 0. The average molecular weight is 190 g/mol. The molecule has 72 valence electrons. The smallest absolute Gasteiger partial charge is 0.134 e. The van der Waals surface area contributed by atoms with E-state index >= 15 is 0 Å². The van der Waals surface area contributed by atoms with Crippen molar-refractivity contribution in [1.29, 1.82) is 0 Å². The summed E-state index contributed by atoms with van der Waals surface area (Å²) in [5.74, 6) is 0.495. The van der Waals surface area contributed by atoms with Crippen molar-refractivity contribution in [2.24, 2.45) is 0 Å². The predicted molar refractivity (Wildman–Crippen MR) is 53.5 cm³/mol. The lowest BCUT2D eigenvalue weighted by Gasteiger charge is -2.04. The zero-order valence-corrected chi connectivity index (χ0v) is 7.96. The molecule has 0 saturated carbocycles. The Bertz CT molecular complexity index is 418. The van der Waals surface area contributed by atoms with Crippen molar-refractivity contribution in [3.05, 3.63) is 48.0 Å². The second-order valence-electron chi connectivity index (χ2n) is 3.13. The Morgan fingerprint density at radius 2 is 2.14 bits per heavy atom. The average Bonchev–Trinajstić information content (AvgIpc) is 2.70. The summed E-state index contributed by atoms with van der Waals surface area (Å²) in [6.45, 7) is 2.04. The fourth-order valence-corrected chi connectivity index (χ4v) is 1.52. The third kappa shape index (κ3) is 1.55. The van der Waals surface area contributed by atoms with Gasteiger partial charge in [0.05, 0.1) is 6.26 Å². The quantitative estimate of drug-likeness (QED) is 0.704. The minimum Gasteiger partial charge on any atom is -0.464 e. The SMILES string of the molecule is CCc1ccc(F)cc1-c1ccco1. The largest absolute Gasteiger partial charge is 0.464 e. The van der Waals surface area contributed by atoms with Gasteiger partial charge in [-0.25, -0.2) is 4.39 Å². The summed E-state index contributed by atoms with van der Waals surface area (Å²) in [6.07, 6.45) is 2.47. The Labute approximate surface area is 82.2 Å². The molecule has 0 bridgehead atoms. The zero-order valence-electron chi connectivity index (χ0n) is 7.96. The van der Waals surface area contributed by atoms with Gasteiger partial charge in [-0.15, -0.1) is 0 Å². The second-order valence-corrected chi connectivity index (χ2v) is 3.13. The number of aryl methyl sites for hydroxylation is 1. The molecule has 1 aromatic carbocycles. The summed E-state index contributed by atoms with van der Waals surface area (Å²) in [5.41, 5.74) is 1.94.